The van der Waals surface area contributed by atoms with Crippen LogP contribution in [-0.2, 0) is 11.2 Å². The Bertz CT molecular complexity index is 1570. The van der Waals surface area contributed by atoms with Crippen molar-refractivity contribution in [3.8, 4) is 17.2 Å². The van der Waals surface area contributed by atoms with Gasteiger partial charge in [-0.15, -0.1) is 0 Å². The summed E-state index contributed by atoms with van der Waals surface area (Å²) in [5.74, 6) is -0.608. The number of anilines is 1. The highest BCUT2D eigenvalue weighted by Crippen LogP contribution is 2.37. The Balaban J connectivity index is 0.00000114. The van der Waals surface area contributed by atoms with Gasteiger partial charge in [-0.1, -0.05) is 11.6 Å². The molecule has 3 aromatic rings. The summed E-state index contributed by atoms with van der Waals surface area (Å²) in [6.45, 7) is 9.13. The summed E-state index contributed by atoms with van der Waals surface area (Å²) < 4.78 is 17.4. The van der Waals surface area contributed by atoms with E-state index in [1.165, 1.54) is 24.3 Å². The van der Waals surface area contributed by atoms with Crippen molar-refractivity contribution in [1.29, 1.82) is 0 Å². The number of carbonyl (C=O) groups is 2. The third kappa shape index (κ3) is 7.59. The lowest BCUT2D eigenvalue weighted by atomic mass is 9.94. The van der Waals surface area contributed by atoms with Gasteiger partial charge in [0.25, 0.3) is 5.91 Å². The van der Waals surface area contributed by atoms with Crippen molar-refractivity contribution < 1.29 is 43.9 Å². The van der Waals surface area contributed by atoms with Crippen molar-refractivity contribution >= 4 is 28.7 Å². The molecule has 226 valence electrons. The molecule has 1 saturated heterocycles. The molecule has 12 heteroatoms. The molecular weight excluding hydrogens is 548 g/mol. The van der Waals surface area contributed by atoms with Crippen LogP contribution in [0.3, 0.4) is 0 Å². The number of fused-ring (bicyclic) bond motifs is 1. The summed E-state index contributed by atoms with van der Waals surface area (Å²) in [5, 5.41) is 41.0. The van der Waals surface area contributed by atoms with Crippen LogP contribution >= 0.6 is 0 Å². The van der Waals surface area contributed by atoms with E-state index in [9.17, 15) is 24.9 Å². The number of carboxylic acid groups (broad SMARTS) is 1. The van der Waals surface area contributed by atoms with Gasteiger partial charge >= 0.3 is 11.7 Å². The first-order valence-electron chi connectivity index (χ1n) is 13.2. The van der Waals surface area contributed by atoms with E-state index in [1.54, 1.807) is 26.8 Å². The maximum absolute atomic E-state index is 12.9. The number of aliphatic hydroxyl groups excluding tert-OH is 1. The van der Waals surface area contributed by atoms with Crippen molar-refractivity contribution in [2.45, 2.75) is 71.9 Å². The highest BCUT2D eigenvalue weighted by Gasteiger charge is 2.37. The number of phenols is 1. The number of benzene rings is 2. The molecule has 42 heavy (non-hydrogen) atoms. The molecule has 0 bridgehead atoms. The molecule has 1 aromatic heterocycles. The lowest BCUT2D eigenvalue weighted by Gasteiger charge is -2.39. The van der Waals surface area contributed by atoms with Gasteiger partial charge in [0.2, 0.25) is 6.29 Å². The molecule has 1 fully saturated rings. The highest BCUT2D eigenvalue weighted by atomic mass is 16.7. The molecule has 0 aliphatic carbocycles. The van der Waals surface area contributed by atoms with Gasteiger partial charge in [-0.05, 0) is 83.4 Å². The number of hydrogen-bond donors (Lipinski definition) is 6. The molecule has 1 aliphatic rings. The molecule has 4 rings (SSSR count). The molecule has 7 N–H and O–H groups in total. The van der Waals surface area contributed by atoms with Crippen LogP contribution in [0, 0.1) is 6.92 Å². The van der Waals surface area contributed by atoms with Crippen LogP contribution in [0.25, 0.3) is 11.0 Å². The second-order valence-corrected chi connectivity index (χ2v) is 10.7. The Morgan fingerprint density at radius 1 is 1.17 bits per heavy atom. The first-order valence-corrected chi connectivity index (χ1v) is 13.2. The maximum Gasteiger partial charge on any atom is 0.402 e. The van der Waals surface area contributed by atoms with Crippen molar-refractivity contribution in [2.75, 3.05) is 5.32 Å². The second-order valence-electron chi connectivity index (χ2n) is 10.7. The van der Waals surface area contributed by atoms with Crippen molar-refractivity contribution in [3.63, 3.8) is 0 Å². The van der Waals surface area contributed by atoms with Crippen LogP contribution in [0.1, 0.15) is 62.0 Å². The number of aryl methyl sites for hydroxylation is 1. The molecule has 2 atom stereocenters. The van der Waals surface area contributed by atoms with Crippen LogP contribution in [0.5, 0.6) is 17.2 Å². The van der Waals surface area contributed by atoms with Crippen LogP contribution in [0.2, 0.25) is 0 Å². The topological polar surface area (TPSA) is 202 Å². The van der Waals surface area contributed by atoms with E-state index in [0.29, 0.717) is 36.1 Å². The molecule has 12 nitrogen and oxygen atoms in total. The Morgan fingerprint density at radius 3 is 2.45 bits per heavy atom. The summed E-state index contributed by atoms with van der Waals surface area (Å²) in [6, 6.07) is 7.53. The first-order chi connectivity index (χ1) is 19.6. The maximum atomic E-state index is 12.9. The second kappa shape index (κ2) is 13.0. The van der Waals surface area contributed by atoms with Gasteiger partial charge in [-0.3, -0.25) is 4.79 Å². The number of aliphatic hydroxyl groups is 1. The van der Waals surface area contributed by atoms with E-state index in [1.807, 2.05) is 19.9 Å². The molecule has 1 aliphatic heterocycles. The fraction of sp³-hybridized carbons (Fsp3) is 0.367. The minimum atomic E-state index is -1.33. The van der Waals surface area contributed by atoms with E-state index in [2.05, 4.69) is 11.1 Å². The Kier molecular flexibility index (Phi) is 9.87. The monoisotopic (exact) mass is 584 g/mol. The lowest BCUT2D eigenvalue weighted by molar-refractivity contribution is -0.227. The third-order valence-electron chi connectivity index (χ3n) is 6.73. The summed E-state index contributed by atoms with van der Waals surface area (Å²) in [7, 11) is 0. The van der Waals surface area contributed by atoms with Gasteiger partial charge in [0.1, 0.15) is 17.1 Å². The zero-order chi connectivity index (χ0) is 31.4. The minimum Gasteiger partial charge on any atom is -0.508 e. The molecule has 0 radical (unpaired) electrons. The van der Waals surface area contributed by atoms with E-state index < -0.39 is 41.4 Å². The molecule has 0 saturated carbocycles. The molecule has 2 amide bonds. The molecule has 0 spiro atoms. The Morgan fingerprint density at radius 2 is 1.83 bits per heavy atom. The lowest BCUT2D eigenvalue weighted by Crippen LogP contribution is -2.48. The zero-order valence-electron chi connectivity index (χ0n) is 24.1. The SMILES string of the molecule is CC(C)=CCc1cc(C(=O)Nc2c(O)c3ccc(OC4CC[C@@H](O)C(C)(C)O4)c(C)c3oc2=O)ccc1O.NC(=O)O. The number of aromatic hydroxyl groups is 2. The largest absolute Gasteiger partial charge is 0.508 e. The quantitative estimate of drug-likeness (QED) is 0.176. The summed E-state index contributed by atoms with van der Waals surface area (Å²) in [5.41, 5.74) is 4.36. The van der Waals surface area contributed by atoms with E-state index in [0.717, 1.165) is 5.57 Å². The van der Waals surface area contributed by atoms with E-state index >= 15 is 0 Å². The Labute approximate surface area is 242 Å². The summed E-state index contributed by atoms with van der Waals surface area (Å²) >= 11 is 0. The third-order valence-corrected chi connectivity index (χ3v) is 6.73. The van der Waals surface area contributed by atoms with Crippen LogP contribution < -0.4 is 21.4 Å². The van der Waals surface area contributed by atoms with Gasteiger partial charge < -0.3 is 45.4 Å². The molecule has 2 heterocycles. The van der Waals surface area contributed by atoms with Gasteiger partial charge in [0.15, 0.2) is 11.4 Å². The smallest absolute Gasteiger partial charge is 0.402 e. The van der Waals surface area contributed by atoms with Gasteiger partial charge in [0, 0.05) is 17.5 Å². The average molecular weight is 585 g/mol. The predicted octanol–water partition coefficient (Wildman–Crippen LogP) is 4.55. The van der Waals surface area contributed by atoms with Crippen LogP contribution in [0.4, 0.5) is 10.5 Å². The average Bonchev–Trinajstić information content (AvgIpc) is 2.89. The molecule has 1 unspecified atom stereocenters. The number of nitrogens with two attached hydrogens (primary N) is 1. The fourth-order valence-corrected chi connectivity index (χ4v) is 4.34. The zero-order valence-corrected chi connectivity index (χ0v) is 24.1. The number of primary amides is 1. The number of hydrogen-bond acceptors (Lipinski definition) is 9. The number of allylic oxidation sites excluding steroid dienone is 2. The Hall–Kier alpha value is -4.55. The van der Waals surface area contributed by atoms with E-state index in [-0.39, 0.29) is 28.0 Å². The number of nitrogens with one attached hydrogen (secondary N) is 1. The van der Waals surface area contributed by atoms with Gasteiger partial charge in [-0.25, -0.2) is 9.59 Å². The summed E-state index contributed by atoms with van der Waals surface area (Å²) in [4.78, 5) is 34.5. The standard InChI is InChI=1S/C29H33NO8.CH3NO2/c1-15(2)6-7-17-14-18(8-10-20(17)31)27(34)30-24-25(33)19-9-11-21(16(3)26(19)37-28(24)35)36-23-13-12-22(32)29(4,5)38-23;2-1(3)4/h6,8-11,14,22-23,31-33H,7,12-13H2,1-5H3,(H,30,34);2H2,(H,3,4)/t22-,23?;/m1./s1. The normalized spacial score (nSPS) is 17.5. The minimum absolute atomic E-state index is 0.0546. The summed E-state index contributed by atoms with van der Waals surface area (Å²) in [6.07, 6.45) is 0.818. The van der Waals surface area contributed by atoms with Crippen LogP contribution in [0.15, 0.2) is 51.2 Å². The van der Waals surface area contributed by atoms with Crippen molar-refractivity contribution in [3.05, 3.63) is 69.1 Å². The van der Waals surface area contributed by atoms with Gasteiger partial charge in [-0.2, -0.15) is 0 Å². The number of carbonyl (C=O) groups excluding carboxylic acids is 1. The number of ether oxygens (including phenoxy) is 2. The number of phenolic OH excluding ortho intramolecular Hbond substituents is 1. The fourth-order valence-electron chi connectivity index (χ4n) is 4.34. The molecule has 2 aromatic carbocycles. The van der Waals surface area contributed by atoms with Crippen molar-refractivity contribution in [1.82, 2.24) is 0 Å². The predicted molar refractivity (Wildman–Crippen MR) is 155 cm³/mol. The van der Waals surface area contributed by atoms with Crippen LogP contribution in [-0.4, -0.2) is 50.4 Å². The van der Waals surface area contributed by atoms with Crippen molar-refractivity contribution in [2.24, 2.45) is 5.73 Å². The van der Waals surface area contributed by atoms with Gasteiger partial charge in [0.05, 0.1) is 17.1 Å². The first kappa shape index (κ1) is 32.0. The van der Waals surface area contributed by atoms with E-state index in [4.69, 9.17) is 23.8 Å². The molecular formula is C30H36N2O10. The number of amides is 2. The number of rotatable bonds is 6. The highest BCUT2D eigenvalue weighted by molar-refractivity contribution is 6.06.